The zero-order valence-electron chi connectivity index (χ0n) is 13.4. The molecule has 3 rings (SSSR count). The molecule has 0 aliphatic carbocycles. The van der Waals surface area contributed by atoms with Gasteiger partial charge in [-0.2, -0.15) is 0 Å². The van der Waals surface area contributed by atoms with Crippen molar-refractivity contribution in [3.8, 4) is 17.1 Å². The molecular weight excluding hydrogens is 306 g/mol. The Balaban J connectivity index is 2.38. The standard InChI is InChI=1S/C18H17N3O3/c1-13-17(19-12-22)18(23)21(15-10-6-7-11-16(15)24-2)20(13)14-8-4-3-5-9-14/h3-12H,1-2H3,(H,19,22). The van der Waals surface area contributed by atoms with Crippen molar-refractivity contribution in [3.05, 3.63) is 70.6 Å². The lowest BCUT2D eigenvalue weighted by atomic mass is 10.3. The number of nitrogens with zero attached hydrogens (tertiary/aromatic N) is 2. The molecule has 1 amide bonds. The minimum absolute atomic E-state index is 0.236. The molecule has 0 spiro atoms. The fourth-order valence-corrected chi connectivity index (χ4v) is 2.73. The van der Waals surface area contributed by atoms with E-state index in [1.807, 2.05) is 42.5 Å². The van der Waals surface area contributed by atoms with E-state index in [0.29, 0.717) is 23.5 Å². The molecule has 0 unspecified atom stereocenters. The van der Waals surface area contributed by atoms with Gasteiger partial charge in [0.2, 0.25) is 6.41 Å². The molecule has 0 fully saturated rings. The number of nitrogens with one attached hydrogen (secondary N) is 1. The van der Waals surface area contributed by atoms with E-state index in [1.165, 1.54) is 4.68 Å². The Labute approximate surface area is 138 Å². The SMILES string of the molecule is COc1ccccc1-n1c(=O)c(NC=O)c(C)n1-c1ccccc1. The highest BCUT2D eigenvalue weighted by atomic mass is 16.5. The summed E-state index contributed by atoms with van der Waals surface area (Å²) in [6.07, 6.45) is 0.506. The third-order valence-corrected chi connectivity index (χ3v) is 3.80. The molecule has 1 heterocycles. The monoisotopic (exact) mass is 323 g/mol. The van der Waals surface area contributed by atoms with Crippen molar-refractivity contribution in [2.75, 3.05) is 12.4 Å². The number of rotatable bonds is 5. The molecule has 2 aromatic carbocycles. The fraction of sp³-hybridized carbons (Fsp3) is 0.111. The second kappa shape index (κ2) is 6.45. The summed E-state index contributed by atoms with van der Waals surface area (Å²) in [5, 5.41) is 2.51. The van der Waals surface area contributed by atoms with E-state index in [4.69, 9.17) is 4.74 Å². The van der Waals surface area contributed by atoms with Gasteiger partial charge in [0.05, 0.1) is 18.5 Å². The summed E-state index contributed by atoms with van der Waals surface area (Å²) in [4.78, 5) is 23.8. The van der Waals surface area contributed by atoms with Crippen LogP contribution in [0.25, 0.3) is 11.4 Å². The largest absolute Gasteiger partial charge is 0.494 e. The first-order valence-electron chi connectivity index (χ1n) is 7.42. The van der Waals surface area contributed by atoms with Gasteiger partial charge in [0.15, 0.2) is 0 Å². The van der Waals surface area contributed by atoms with E-state index in [1.54, 1.807) is 30.8 Å². The summed E-state index contributed by atoms with van der Waals surface area (Å²) in [6.45, 7) is 1.78. The number of amides is 1. The van der Waals surface area contributed by atoms with Crippen molar-refractivity contribution in [1.29, 1.82) is 0 Å². The van der Waals surface area contributed by atoms with E-state index >= 15 is 0 Å². The summed E-state index contributed by atoms with van der Waals surface area (Å²) in [5.74, 6) is 0.562. The van der Waals surface area contributed by atoms with Crippen LogP contribution in [0.2, 0.25) is 0 Å². The normalized spacial score (nSPS) is 10.4. The number of para-hydroxylation sites is 3. The number of hydrogen-bond acceptors (Lipinski definition) is 3. The van der Waals surface area contributed by atoms with E-state index in [0.717, 1.165) is 5.69 Å². The lowest BCUT2D eigenvalue weighted by molar-refractivity contribution is -0.105. The number of benzene rings is 2. The number of methoxy groups -OCH3 is 1. The minimum atomic E-state index is -0.326. The Bertz CT molecular complexity index is 926. The highest BCUT2D eigenvalue weighted by molar-refractivity contribution is 5.73. The van der Waals surface area contributed by atoms with Crippen molar-refractivity contribution in [2.45, 2.75) is 6.92 Å². The van der Waals surface area contributed by atoms with Crippen LogP contribution < -0.4 is 15.6 Å². The van der Waals surface area contributed by atoms with Gasteiger partial charge in [-0.15, -0.1) is 0 Å². The van der Waals surface area contributed by atoms with Crippen LogP contribution in [0, 0.1) is 6.92 Å². The van der Waals surface area contributed by atoms with Gasteiger partial charge in [0.1, 0.15) is 17.1 Å². The quantitative estimate of drug-likeness (QED) is 0.734. The summed E-state index contributed by atoms with van der Waals surface area (Å²) in [7, 11) is 1.55. The molecule has 1 aromatic heterocycles. The topological polar surface area (TPSA) is 65.3 Å². The summed E-state index contributed by atoms with van der Waals surface area (Å²) >= 11 is 0. The first-order valence-corrected chi connectivity index (χ1v) is 7.42. The van der Waals surface area contributed by atoms with Crippen LogP contribution in [0.4, 0.5) is 5.69 Å². The lowest BCUT2D eigenvalue weighted by Crippen LogP contribution is -2.22. The van der Waals surface area contributed by atoms with E-state index < -0.39 is 0 Å². The van der Waals surface area contributed by atoms with Gasteiger partial charge in [-0.1, -0.05) is 30.3 Å². The van der Waals surface area contributed by atoms with E-state index in [9.17, 15) is 9.59 Å². The van der Waals surface area contributed by atoms with Crippen molar-refractivity contribution >= 4 is 12.1 Å². The second-order valence-electron chi connectivity index (χ2n) is 5.16. The van der Waals surface area contributed by atoms with Gasteiger partial charge in [-0.05, 0) is 31.2 Å². The fourth-order valence-electron chi connectivity index (χ4n) is 2.73. The van der Waals surface area contributed by atoms with E-state index in [-0.39, 0.29) is 11.2 Å². The van der Waals surface area contributed by atoms with E-state index in [2.05, 4.69) is 5.32 Å². The summed E-state index contributed by atoms with van der Waals surface area (Å²) < 4.78 is 8.64. The number of hydrogen-bond donors (Lipinski definition) is 1. The van der Waals surface area contributed by atoms with Crippen LogP contribution >= 0.6 is 0 Å². The number of aromatic nitrogens is 2. The molecular formula is C18H17N3O3. The number of carbonyl (C=O) groups excluding carboxylic acids is 1. The van der Waals surface area contributed by atoms with Gasteiger partial charge in [0.25, 0.3) is 5.56 Å². The molecule has 3 aromatic rings. The molecule has 0 aliphatic rings. The summed E-state index contributed by atoms with van der Waals surface area (Å²) in [6, 6.07) is 16.7. The third kappa shape index (κ3) is 2.48. The van der Waals surface area contributed by atoms with Gasteiger partial charge >= 0.3 is 0 Å². The van der Waals surface area contributed by atoms with Gasteiger partial charge in [0, 0.05) is 0 Å². The average molecular weight is 323 g/mol. The van der Waals surface area contributed by atoms with Crippen LogP contribution in [0.1, 0.15) is 5.69 Å². The zero-order valence-corrected chi connectivity index (χ0v) is 13.4. The Morgan fingerprint density at radius 2 is 1.67 bits per heavy atom. The van der Waals surface area contributed by atoms with Crippen molar-refractivity contribution < 1.29 is 9.53 Å². The highest BCUT2D eigenvalue weighted by Gasteiger charge is 2.21. The Hall–Kier alpha value is -3.28. The Morgan fingerprint density at radius 3 is 2.33 bits per heavy atom. The Kier molecular flexibility index (Phi) is 4.20. The van der Waals surface area contributed by atoms with Crippen molar-refractivity contribution in [2.24, 2.45) is 0 Å². The first kappa shape index (κ1) is 15.6. The van der Waals surface area contributed by atoms with Crippen molar-refractivity contribution in [3.63, 3.8) is 0 Å². The molecule has 0 saturated carbocycles. The highest BCUT2D eigenvalue weighted by Crippen LogP contribution is 2.25. The lowest BCUT2D eigenvalue weighted by Gasteiger charge is -2.15. The van der Waals surface area contributed by atoms with Crippen LogP contribution in [-0.4, -0.2) is 22.9 Å². The molecule has 1 N–H and O–H groups in total. The molecule has 24 heavy (non-hydrogen) atoms. The van der Waals surface area contributed by atoms with Gasteiger partial charge in [-0.3, -0.25) is 9.59 Å². The summed E-state index contributed by atoms with van der Waals surface area (Å²) in [5.41, 5.74) is 1.93. The first-order chi connectivity index (χ1) is 11.7. The average Bonchev–Trinajstić information content (AvgIpc) is 2.87. The maximum absolute atomic E-state index is 12.9. The smallest absolute Gasteiger partial charge is 0.295 e. The molecule has 6 nitrogen and oxygen atoms in total. The zero-order chi connectivity index (χ0) is 17.1. The molecule has 0 atom stereocenters. The van der Waals surface area contributed by atoms with Gasteiger partial charge < -0.3 is 10.1 Å². The predicted molar refractivity (Wildman–Crippen MR) is 92.3 cm³/mol. The maximum Gasteiger partial charge on any atom is 0.295 e. The third-order valence-electron chi connectivity index (χ3n) is 3.80. The Morgan fingerprint density at radius 1 is 1.00 bits per heavy atom. The molecule has 6 heteroatoms. The number of anilines is 1. The number of ether oxygens (including phenoxy) is 1. The maximum atomic E-state index is 12.9. The molecule has 0 saturated heterocycles. The second-order valence-corrected chi connectivity index (χ2v) is 5.16. The predicted octanol–water partition coefficient (Wildman–Crippen LogP) is 2.51. The van der Waals surface area contributed by atoms with Crippen LogP contribution in [-0.2, 0) is 4.79 Å². The number of carbonyl (C=O) groups is 1. The van der Waals surface area contributed by atoms with Crippen LogP contribution in [0.5, 0.6) is 5.75 Å². The molecule has 122 valence electrons. The molecule has 0 aliphatic heterocycles. The molecule has 0 bridgehead atoms. The minimum Gasteiger partial charge on any atom is -0.494 e. The van der Waals surface area contributed by atoms with Crippen LogP contribution in [0.3, 0.4) is 0 Å². The van der Waals surface area contributed by atoms with Gasteiger partial charge in [-0.25, -0.2) is 9.36 Å². The van der Waals surface area contributed by atoms with Crippen molar-refractivity contribution in [1.82, 2.24) is 9.36 Å². The molecule has 0 radical (unpaired) electrons. The van der Waals surface area contributed by atoms with Crippen LogP contribution in [0.15, 0.2) is 59.4 Å².